The molecule has 1 heterocycles. The highest BCUT2D eigenvalue weighted by Crippen LogP contribution is 2.19. The van der Waals surface area contributed by atoms with E-state index < -0.39 is 0 Å². The molecule has 1 aromatic rings. The van der Waals surface area contributed by atoms with Crippen molar-refractivity contribution in [1.82, 2.24) is 5.32 Å². The van der Waals surface area contributed by atoms with Gasteiger partial charge in [0.25, 0.3) is 0 Å². The lowest BCUT2D eigenvalue weighted by atomic mass is 9.88. The highest BCUT2D eigenvalue weighted by Gasteiger charge is 2.28. The van der Waals surface area contributed by atoms with Crippen LogP contribution < -0.4 is 10.6 Å². The molecule has 0 bridgehead atoms. The molecule has 1 amide bonds. The molecule has 1 saturated heterocycles. The van der Waals surface area contributed by atoms with Gasteiger partial charge in [-0.2, -0.15) is 11.8 Å². The standard InChI is InChI=1S/C14H20N2OS.ClH/c1-10(12-7-15-8-12)14(17)16-13-5-3-11(4-6-13)9-18-2;/h3-6,10,12,15H,7-9H2,1-2H3,(H,16,17);1H. The van der Waals surface area contributed by atoms with E-state index in [2.05, 4.69) is 29.0 Å². The van der Waals surface area contributed by atoms with Gasteiger partial charge in [0.2, 0.25) is 5.91 Å². The number of hydrogen-bond donors (Lipinski definition) is 2. The highest BCUT2D eigenvalue weighted by atomic mass is 35.5. The van der Waals surface area contributed by atoms with E-state index in [9.17, 15) is 4.79 Å². The quantitative estimate of drug-likeness (QED) is 0.878. The van der Waals surface area contributed by atoms with Crippen molar-refractivity contribution in [1.29, 1.82) is 0 Å². The summed E-state index contributed by atoms with van der Waals surface area (Å²) in [4.78, 5) is 12.0. The van der Waals surface area contributed by atoms with Crippen molar-refractivity contribution in [3.8, 4) is 0 Å². The monoisotopic (exact) mass is 300 g/mol. The van der Waals surface area contributed by atoms with Crippen LogP contribution in [0.1, 0.15) is 12.5 Å². The Morgan fingerprint density at radius 2 is 2.05 bits per heavy atom. The topological polar surface area (TPSA) is 41.1 Å². The Morgan fingerprint density at radius 1 is 1.42 bits per heavy atom. The molecule has 5 heteroatoms. The van der Waals surface area contributed by atoms with E-state index in [4.69, 9.17) is 0 Å². The summed E-state index contributed by atoms with van der Waals surface area (Å²) in [5.74, 6) is 1.70. The second-order valence-corrected chi connectivity index (χ2v) is 5.69. The number of halogens is 1. The van der Waals surface area contributed by atoms with Gasteiger partial charge >= 0.3 is 0 Å². The summed E-state index contributed by atoms with van der Waals surface area (Å²) in [6.45, 7) is 3.92. The van der Waals surface area contributed by atoms with Gasteiger partial charge in [-0.1, -0.05) is 19.1 Å². The zero-order valence-electron chi connectivity index (χ0n) is 11.3. The van der Waals surface area contributed by atoms with Crippen LogP contribution >= 0.6 is 24.2 Å². The van der Waals surface area contributed by atoms with Gasteiger partial charge in [0.05, 0.1) is 0 Å². The summed E-state index contributed by atoms with van der Waals surface area (Å²) in [7, 11) is 0. The molecule has 106 valence electrons. The van der Waals surface area contributed by atoms with Crippen LogP contribution in [-0.4, -0.2) is 25.3 Å². The van der Waals surface area contributed by atoms with Crippen LogP contribution in [0.15, 0.2) is 24.3 Å². The van der Waals surface area contributed by atoms with Crippen molar-refractivity contribution in [2.75, 3.05) is 24.7 Å². The number of thioether (sulfide) groups is 1. The van der Waals surface area contributed by atoms with E-state index >= 15 is 0 Å². The molecule has 1 atom stereocenters. The summed E-state index contributed by atoms with van der Waals surface area (Å²) in [6, 6.07) is 8.10. The van der Waals surface area contributed by atoms with Crippen molar-refractivity contribution in [2.45, 2.75) is 12.7 Å². The number of carbonyl (C=O) groups is 1. The van der Waals surface area contributed by atoms with E-state index in [0.717, 1.165) is 24.5 Å². The summed E-state index contributed by atoms with van der Waals surface area (Å²) in [6.07, 6.45) is 2.09. The third-order valence-electron chi connectivity index (χ3n) is 3.47. The Kier molecular flexibility index (Phi) is 6.69. The normalized spacial score (nSPS) is 16.1. The second kappa shape index (κ2) is 7.78. The summed E-state index contributed by atoms with van der Waals surface area (Å²) >= 11 is 1.80. The van der Waals surface area contributed by atoms with Gasteiger partial charge in [0.15, 0.2) is 0 Å². The van der Waals surface area contributed by atoms with Gasteiger partial charge in [-0.15, -0.1) is 12.4 Å². The minimum Gasteiger partial charge on any atom is -0.326 e. The van der Waals surface area contributed by atoms with Gasteiger partial charge in [0, 0.05) is 17.4 Å². The highest BCUT2D eigenvalue weighted by molar-refractivity contribution is 7.97. The smallest absolute Gasteiger partial charge is 0.227 e. The maximum Gasteiger partial charge on any atom is 0.227 e. The first kappa shape index (κ1) is 16.3. The fourth-order valence-electron chi connectivity index (χ4n) is 1.99. The third kappa shape index (κ3) is 4.41. The van der Waals surface area contributed by atoms with Crippen molar-refractivity contribution in [2.24, 2.45) is 11.8 Å². The van der Waals surface area contributed by atoms with E-state index in [1.54, 1.807) is 11.8 Å². The molecule has 0 saturated carbocycles. The van der Waals surface area contributed by atoms with Crippen LogP contribution in [0.25, 0.3) is 0 Å². The number of carbonyl (C=O) groups excluding carboxylic acids is 1. The fraction of sp³-hybridized carbons (Fsp3) is 0.500. The number of anilines is 1. The Morgan fingerprint density at radius 3 is 2.53 bits per heavy atom. The lowest BCUT2D eigenvalue weighted by molar-refractivity contribution is -0.121. The van der Waals surface area contributed by atoms with Crippen LogP contribution in [0.3, 0.4) is 0 Å². The number of amides is 1. The molecule has 1 fully saturated rings. The van der Waals surface area contributed by atoms with Crippen molar-refractivity contribution < 1.29 is 4.79 Å². The number of hydrogen-bond acceptors (Lipinski definition) is 3. The summed E-state index contributed by atoms with van der Waals surface area (Å²) in [5.41, 5.74) is 2.18. The predicted octanol–water partition coefficient (Wildman–Crippen LogP) is 2.77. The molecule has 0 spiro atoms. The average Bonchev–Trinajstić information content (AvgIpc) is 2.29. The molecule has 3 nitrogen and oxygen atoms in total. The third-order valence-corrected chi connectivity index (χ3v) is 4.09. The minimum absolute atomic E-state index is 0. The maximum absolute atomic E-state index is 12.0. The van der Waals surface area contributed by atoms with Crippen LogP contribution in [-0.2, 0) is 10.5 Å². The van der Waals surface area contributed by atoms with Crippen LogP contribution in [0, 0.1) is 11.8 Å². The first-order chi connectivity index (χ1) is 8.70. The first-order valence-electron chi connectivity index (χ1n) is 6.30. The van der Waals surface area contributed by atoms with E-state index in [1.807, 2.05) is 19.1 Å². The molecule has 1 unspecified atom stereocenters. The molecule has 2 rings (SSSR count). The number of rotatable bonds is 5. The molecule has 1 aliphatic rings. The predicted molar refractivity (Wildman–Crippen MR) is 85.1 cm³/mol. The second-order valence-electron chi connectivity index (χ2n) is 4.83. The minimum atomic E-state index is 0. The van der Waals surface area contributed by atoms with Gasteiger partial charge in [-0.25, -0.2) is 0 Å². The zero-order valence-corrected chi connectivity index (χ0v) is 12.9. The Balaban J connectivity index is 0.00000180. The average molecular weight is 301 g/mol. The molecule has 1 aromatic carbocycles. The molecule has 0 radical (unpaired) electrons. The maximum atomic E-state index is 12.0. The summed E-state index contributed by atoms with van der Waals surface area (Å²) < 4.78 is 0. The Hall–Kier alpha value is -0.710. The van der Waals surface area contributed by atoms with Gasteiger partial charge < -0.3 is 10.6 Å². The lowest BCUT2D eigenvalue weighted by Crippen LogP contribution is -2.48. The van der Waals surface area contributed by atoms with Crippen LogP contribution in [0.4, 0.5) is 5.69 Å². The fourth-order valence-corrected chi connectivity index (χ4v) is 2.51. The van der Waals surface area contributed by atoms with E-state index in [-0.39, 0.29) is 24.2 Å². The van der Waals surface area contributed by atoms with Crippen LogP contribution in [0.2, 0.25) is 0 Å². The van der Waals surface area contributed by atoms with Crippen LogP contribution in [0.5, 0.6) is 0 Å². The van der Waals surface area contributed by atoms with Crippen molar-refractivity contribution in [3.63, 3.8) is 0 Å². The Bertz CT molecular complexity index is 406. The molecule has 0 aromatic heterocycles. The molecule has 0 aliphatic carbocycles. The van der Waals surface area contributed by atoms with Gasteiger partial charge in [0.1, 0.15) is 0 Å². The van der Waals surface area contributed by atoms with E-state index in [1.165, 1.54) is 5.56 Å². The SMILES string of the molecule is CSCc1ccc(NC(=O)C(C)C2CNC2)cc1.Cl. The first-order valence-corrected chi connectivity index (χ1v) is 7.69. The van der Waals surface area contributed by atoms with Gasteiger partial charge in [-0.3, -0.25) is 4.79 Å². The molecule has 19 heavy (non-hydrogen) atoms. The zero-order chi connectivity index (χ0) is 13.0. The van der Waals surface area contributed by atoms with Gasteiger partial charge in [-0.05, 0) is 43.0 Å². The summed E-state index contributed by atoms with van der Waals surface area (Å²) in [5, 5.41) is 6.19. The van der Waals surface area contributed by atoms with Crippen molar-refractivity contribution >= 4 is 35.8 Å². The molecular formula is C14H21ClN2OS. The molecule has 2 N–H and O–H groups in total. The Labute approximate surface area is 125 Å². The number of benzene rings is 1. The van der Waals surface area contributed by atoms with E-state index in [0.29, 0.717) is 5.92 Å². The largest absolute Gasteiger partial charge is 0.326 e. The number of nitrogens with one attached hydrogen (secondary N) is 2. The van der Waals surface area contributed by atoms with Crippen molar-refractivity contribution in [3.05, 3.63) is 29.8 Å². The molecule has 1 aliphatic heterocycles. The molecular weight excluding hydrogens is 280 g/mol. The lowest BCUT2D eigenvalue weighted by Gasteiger charge is -2.31.